The van der Waals surface area contributed by atoms with E-state index >= 15 is 0 Å². The van der Waals surface area contributed by atoms with Crippen molar-refractivity contribution in [2.45, 2.75) is 13.5 Å². The van der Waals surface area contributed by atoms with Gasteiger partial charge in [-0.2, -0.15) is 0 Å². The number of aryl methyl sites for hydroxylation is 1. The molecular formula is C14H17ClN4O2S. The second kappa shape index (κ2) is 6.50. The number of rotatable bonds is 5. The fourth-order valence-electron chi connectivity index (χ4n) is 1.89. The molecule has 0 aromatic carbocycles. The molecule has 0 unspecified atom stereocenters. The molecule has 0 saturated carbocycles. The van der Waals surface area contributed by atoms with Gasteiger partial charge in [0, 0.05) is 37.2 Å². The third-order valence-corrected chi connectivity index (χ3v) is 4.58. The van der Waals surface area contributed by atoms with Crippen LogP contribution in [0.15, 0.2) is 30.6 Å². The number of nitrogens with one attached hydrogen (secondary N) is 1. The lowest BCUT2D eigenvalue weighted by Gasteiger charge is -2.19. The van der Waals surface area contributed by atoms with Gasteiger partial charge in [0.1, 0.15) is 11.0 Å². The maximum absolute atomic E-state index is 11.7. The molecule has 2 aromatic heterocycles. The van der Waals surface area contributed by atoms with Gasteiger partial charge in [0.05, 0.1) is 6.26 Å². The number of nitrogens with zero attached hydrogens (tertiary/aromatic N) is 3. The average molecular weight is 341 g/mol. The monoisotopic (exact) mass is 340 g/mol. The van der Waals surface area contributed by atoms with Crippen molar-refractivity contribution < 1.29 is 8.42 Å². The summed E-state index contributed by atoms with van der Waals surface area (Å²) in [4.78, 5) is 8.16. The first kappa shape index (κ1) is 16.5. The second-order valence-electron chi connectivity index (χ2n) is 4.89. The van der Waals surface area contributed by atoms with E-state index in [4.69, 9.17) is 11.6 Å². The van der Waals surface area contributed by atoms with Crippen molar-refractivity contribution in [2.24, 2.45) is 0 Å². The molecular weight excluding hydrogens is 324 g/mol. The number of hydrogen-bond donors (Lipinski definition) is 1. The van der Waals surface area contributed by atoms with E-state index in [1.54, 1.807) is 24.5 Å². The quantitative estimate of drug-likeness (QED) is 0.846. The second-order valence-corrected chi connectivity index (χ2v) is 7.29. The maximum Gasteiger partial charge on any atom is 0.233 e. The minimum atomic E-state index is -3.36. The number of anilines is 2. The van der Waals surface area contributed by atoms with Gasteiger partial charge in [-0.1, -0.05) is 17.7 Å². The number of halogens is 1. The standard InChI is InChI=1S/C14H17ClN4O2S/c1-10-8-18-13(15)7-12(10)17-9-11-5-4-6-16-14(11)19(2)22(3,20)21/h4-8H,9H2,1-3H3,(H,17,18). The summed E-state index contributed by atoms with van der Waals surface area (Å²) >= 11 is 5.89. The van der Waals surface area contributed by atoms with E-state index < -0.39 is 10.0 Å². The Balaban J connectivity index is 2.26. The highest BCUT2D eigenvalue weighted by Gasteiger charge is 2.16. The van der Waals surface area contributed by atoms with Crippen LogP contribution in [0.1, 0.15) is 11.1 Å². The third kappa shape index (κ3) is 3.86. The van der Waals surface area contributed by atoms with Gasteiger partial charge in [0.25, 0.3) is 0 Å². The Morgan fingerprint density at radius 3 is 2.77 bits per heavy atom. The van der Waals surface area contributed by atoms with Crippen LogP contribution in [0, 0.1) is 6.92 Å². The van der Waals surface area contributed by atoms with E-state index in [9.17, 15) is 8.42 Å². The Morgan fingerprint density at radius 2 is 2.09 bits per heavy atom. The van der Waals surface area contributed by atoms with Crippen molar-refractivity contribution in [3.05, 3.63) is 46.9 Å². The van der Waals surface area contributed by atoms with Gasteiger partial charge >= 0.3 is 0 Å². The van der Waals surface area contributed by atoms with Gasteiger partial charge in [0.2, 0.25) is 10.0 Å². The van der Waals surface area contributed by atoms with Gasteiger partial charge < -0.3 is 5.32 Å². The van der Waals surface area contributed by atoms with Crippen molar-refractivity contribution in [2.75, 3.05) is 22.9 Å². The van der Waals surface area contributed by atoms with Crippen LogP contribution in [0.2, 0.25) is 5.15 Å². The molecule has 6 nitrogen and oxygen atoms in total. The molecule has 0 atom stereocenters. The SMILES string of the molecule is Cc1cnc(Cl)cc1NCc1cccnc1N(C)S(C)(=O)=O. The molecule has 2 rings (SSSR count). The van der Waals surface area contributed by atoms with Crippen molar-refractivity contribution in [3.63, 3.8) is 0 Å². The maximum atomic E-state index is 11.7. The molecule has 0 saturated heterocycles. The zero-order valence-corrected chi connectivity index (χ0v) is 14.1. The zero-order valence-electron chi connectivity index (χ0n) is 12.5. The smallest absolute Gasteiger partial charge is 0.233 e. The predicted molar refractivity (Wildman–Crippen MR) is 88.8 cm³/mol. The van der Waals surface area contributed by atoms with Crippen molar-refractivity contribution in [1.29, 1.82) is 0 Å². The molecule has 0 fully saturated rings. The fourth-order valence-corrected chi connectivity index (χ4v) is 2.52. The summed E-state index contributed by atoms with van der Waals surface area (Å²) in [6.45, 7) is 2.34. The highest BCUT2D eigenvalue weighted by atomic mass is 35.5. The van der Waals surface area contributed by atoms with Gasteiger partial charge in [-0.15, -0.1) is 0 Å². The normalized spacial score (nSPS) is 11.3. The topological polar surface area (TPSA) is 75.2 Å². The van der Waals surface area contributed by atoms with E-state index in [0.29, 0.717) is 17.5 Å². The molecule has 0 aliphatic rings. The first-order chi connectivity index (χ1) is 10.3. The highest BCUT2D eigenvalue weighted by molar-refractivity contribution is 7.92. The summed E-state index contributed by atoms with van der Waals surface area (Å²) in [6, 6.07) is 5.32. The lowest BCUT2D eigenvalue weighted by Crippen LogP contribution is -2.27. The van der Waals surface area contributed by atoms with Crippen LogP contribution in [-0.2, 0) is 16.6 Å². The summed E-state index contributed by atoms with van der Waals surface area (Å²) < 4.78 is 24.6. The van der Waals surface area contributed by atoms with E-state index in [2.05, 4.69) is 15.3 Å². The number of pyridine rings is 2. The largest absolute Gasteiger partial charge is 0.380 e. The van der Waals surface area contributed by atoms with Gasteiger partial charge in [-0.25, -0.2) is 18.4 Å². The highest BCUT2D eigenvalue weighted by Crippen LogP contribution is 2.22. The van der Waals surface area contributed by atoms with E-state index in [1.165, 1.54) is 7.05 Å². The average Bonchev–Trinajstić information content (AvgIpc) is 2.47. The van der Waals surface area contributed by atoms with Crippen molar-refractivity contribution in [3.8, 4) is 0 Å². The van der Waals surface area contributed by atoms with E-state index in [0.717, 1.165) is 27.4 Å². The minimum absolute atomic E-state index is 0.396. The Bertz CT molecular complexity index is 780. The number of aromatic nitrogens is 2. The number of hydrogen-bond acceptors (Lipinski definition) is 5. The van der Waals surface area contributed by atoms with Crippen molar-refractivity contribution >= 4 is 33.1 Å². The van der Waals surface area contributed by atoms with Crippen LogP contribution in [0.5, 0.6) is 0 Å². The Labute approximate surface area is 135 Å². The van der Waals surface area contributed by atoms with Crippen molar-refractivity contribution in [1.82, 2.24) is 9.97 Å². The molecule has 8 heteroatoms. The Hall–Kier alpha value is -1.86. The molecule has 2 heterocycles. The first-order valence-electron chi connectivity index (χ1n) is 6.53. The lowest BCUT2D eigenvalue weighted by molar-refractivity contribution is 0.599. The molecule has 0 aliphatic carbocycles. The van der Waals surface area contributed by atoms with Crippen LogP contribution in [0.25, 0.3) is 0 Å². The van der Waals surface area contributed by atoms with Crippen LogP contribution in [0.4, 0.5) is 11.5 Å². The zero-order chi connectivity index (χ0) is 16.3. The summed E-state index contributed by atoms with van der Waals surface area (Å²) in [5.41, 5.74) is 2.56. The molecule has 0 bridgehead atoms. The predicted octanol–water partition coefficient (Wildman–Crippen LogP) is 2.45. The van der Waals surface area contributed by atoms with Gasteiger partial charge in [-0.3, -0.25) is 4.31 Å². The fraction of sp³-hybridized carbons (Fsp3) is 0.286. The summed E-state index contributed by atoms with van der Waals surface area (Å²) in [7, 11) is -1.88. The van der Waals surface area contributed by atoms with Gasteiger partial charge in [-0.05, 0) is 24.6 Å². The van der Waals surface area contributed by atoms with Crippen LogP contribution < -0.4 is 9.62 Å². The van der Waals surface area contributed by atoms with E-state index in [1.807, 2.05) is 13.0 Å². The third-order valence-electron chi connectivity index (χ3n) is 3.20. The molecule has 22 heavy (non-hydrogen) atoms. The molecule has 0 spiro atoms. The summed E-state index contributed by atoms with van der Waals surface area (Å²) in [6.07, 6.45) is 4.39. The molecule has 0 radical (unpaired) electrons. The minimum Gasteiger partial charge on any atom is -0.380 e. The molecule has 0 aliphatic heterocycles. The van der Waals surface area contributed by atoms with Crippen LogP contribution in [0.3, 0.4) is 0 Å². The number of sulfonamides is 1. The van der Waals surface area contributed by atoms with Crippen LogP contribution >= 0.6 is 11.6 Å². The molecule has 0 amide bonds. The molecule has 118 valence electrons. The Morgan fingerprint density at radius 1 is 1.36 bits per heavy atom. The molecule has 1 N–H and O–H groups in total. The van der Waals surface area contributed by atoms with Gasteiger partial charge in [0.15, 0.2) is 0 Å². The lowest BCUT2D eigenvalue weighted by atomic mass is 10.2. The van der Waals surface area contributed by atoms with Crippen LogP contribution in [-0.4, -0.2) is 31.7 Å². The molecule has 2 aromatic rings. The summed E-state index contributed by atoms with van der Waals surface area (Å²) in [5.74, 6) is 0.398. The first-order valence-corrected chi connectivity index (χ1v) is 8.75. The Kier molecular flexibility index (Phi) is 4.87. The van der Waals surface area contributed by atoms with E-state index in [-0.39, 0.29) is 0 Å². The summed E-state index contributed by atoms with van der Waals surface area (Å²) in [5, 5.41) is 3.63.